The highest BCUT2D eigenvalue weighted by atomic mass is 32.2. The van der Waals surface area contributed by atoms with E-state index in [2.05, 4.69) is 0 Å². The molecular formula is C13H21FN2O2S. The summed E-state index contributed by atoms with van der Waals surface area (Å²) in [5.41, 5.74) is 5.42. The molecule has 4 nitrogen and oxygen atoms in total. The van der Waals surface area contributed by atoms with Crippen molar-refractivity contribution in [2.24, 2.45) is 11.7 Å². The Labute approximate surface area is 114 Å². The summed E-state index contributed by atoms with van der Waals surface area (Å²) in [5, 5.41) is 0. The molecule has 1 aromatic rings. The zero-order valence-electron chi connectivity index (χ0n) is 11.3. The van der Waals surface area contributed by atoms with Crippen LogP contribution in [0.3, 0.4) is 0 Å². The Balaban J connectivity index is 3.08. The average Bonchev–Trinajstić information content (AvgIpc) is 2.34. The minimum Gasteiger partial charge on any atom is -0.330 e. The lowest BCUT2D eigenvalue weighted by molar-refractivity contribution is 0.362. The molecule has 0 unspecified atom stereocenters. The zero-order chi connectivity index (χ0) is 14.5. The van der Waals surface area contributed by atoms with Gasteiger partial charge in [0.1, 0.15) is 10.7 Å². The SMILES string of the molecule is CC(C)CN(CCCN)S(=O)(=O)c1ccccc1F. The lowest BCUT2D eigenvalue weighted by Crippen LogP contribution is -2.36. The van der Waals surface area contributed by atoms with Gasteiger partial charge in [0.2, 0.25) is 10.0 Å². The summed E-state index contributed by atoms with van der Waals surface area (Å²) in [6.45, 7) is 4.92. The number of sulfonamides is 1. The minimum absolute atomic E-state index is 0.166. The molecule has 0 aliphatic heterocycles. The van der Waals surface area contributed by atoms with E-state index in [4.69, 9.17) is 5.73 Å². The van der Waals surface area contributed by atoms with E-state index in [1.165, 1.54) is 22.5 Å². The molecule has 0 heterocycles. The quantitative estimate of drug-likeness (QED) is 0.832. The Morgan fingerprint density at radius 2 is 1.95 bits per heavy atom. The molecule has 0 amide bonds. The molecule has 108 valence electrons. The van der Waals surface area contributed by atoms with Crippen molar-refractivity contribution in [2.45, 2.75) is 25.2 Å². The fourth-order valence-electron chi connectivity index (χ4n) is 1.78. The number of nitrogens with two attached hydrogens (primary N) is 1. The molecule has 1 aromatic carbocycles. The molecule has 1 rings (SSSR count). The van der Waals surface area contributed by atoms with Crippen LogP contribution in [0.25, 0.3) is 0 Å². The predicted molar refractivity (Wildman–Crippen MR) is 73.7 cm³/mol. The van der Waals surface area contributed by atoms with Crippen molar-refractivity contribution in [3.8, 4) is 0 Å². The highest BCUT2D eigenvalue weighted by Crippen LogP contribution is 2.20. The summed E-state index contributed by atoms with van der Waals surface area (Å²) in [5.74, 6) is -0.552. The van der Waals surface area contributed by atoms with Crippen LogP contribution in [0.2, 0.25) is 0 Å². The molecule has 0 fully saturated rings. The summed E-state index contributed by atoms with van der Waals surface area (Å²) in [4.78, 5) is -0.271. The summed E-state index contributed by atoms with van der Waals surface area (Å²) < 4.78 is 39.9. The maximum Gasteiger partial charge on any atom is 0.245 e. The molecule has 19 heavy (non-hydrogen) atoms. The maximum atomic E-state index is 13.7. The van der Waals surface area contributed by atoms with Crippen LogP contribution >= 0.6 is 0 Å². The monoisotopic (exact) mass is 288 g/mol. The Kier molecular flexibility index (Phi) is 5.90. The first-order chi connectivity index (χ1) is 8.89. The Morgan fingerprint density at radius 3 is 2.47 bits per heavy atom. The number of hydrogen-bond donors (Lipinski definition) is 1. The first kappa shape index (κ1) is 16.1. The van der Waals surface area contributed by atoms with E-state index in [1.807, 2.05) is 13.8 Å². The zero-order valence-corrected chi connectivity index (χ0v) is 12.2. The number of nitrogens with zero attached hydrogens (tertiary/aromatic N) is 1. The Morgan fingerprint density at radius 1 is 1.32 bits per heavy atom. The first-order valence-electron chi connectivity index (χ1n) is 6.34. The van der Waals surface area contributed by atoms with Crippen molar-refractivity contribution in [3.05, 3.63) is 30.1 Å². The molecule has 6 heteroatoms. The third-order valence-electron chi connectivity index (χ3n) is 2.63. The van der Waals surface area contributed by atoms with Crippen LogP contribution in [0.15, 0.2) is 29.2 Å². The first-order valence-corrected chi connectivity index (χ1v) is 7.78. The van der Waals surface area contributed by atoms with Gasteiger partial charge in [-0.3, -0.25) is 0 Å². The molecular weight excluding hydrogens is 267 g/mol. The van der Waals surface area contributed by atoms with Gasteiger partial charge in [-0.2, -0.15) is 4.31 Å². The smallest absolute Gasteiger partial charge is 0.245 e. The van der Waals surface area contributed by atoms with Crippen LogP contribution in [0.4, 0.5) is 4.39 Å². The van der Waals surface area contributed by atoms with E-state index < -0.39 is 15.8 Å². The molecule has 0 saturated heterocycles. The van der Waals surface area contributed by atoms with E-state index in [9.17, 15) is 12.8 Å². The fraction of sp³-hybridized carbons (Fsp3) is 0.538. The van der Waals surface area contributed by atoms with Crippen LogP contribution in [0.1, 0.15) is 20.3 Å². The van der Waals surface area contributed by atoms with Crippen molar-refractivity contribution < 1.29 is 12.8 Å². The van der Waals surface area contributed by atoms with Gasteiger partial charge < -0.3 is 5.73 Å². The van der Waals surface area contributed by atoms with Crippen LogP contribution in [0.5, 0.6) is 0 Å². The largest absolute Gasteiger partial charge is 0.330 e. The second-order valence-corrected chi connectivity index (χ2v) is 6.74. The molecule has 0 radical (unpaired) electrons. The third kappa shape index (κ3) is 4.26. The highest BCUT2D eigenvalue weighted by molar-refractivity contribution is 7.89. The van der Waals surface area contributed by atoms with Crippen LogP contribution in [0, 0.1) is 11.7 Å². The van der Waals surface area contributed by atoms with Gasteiger partial charge in [0.05, 0.1) is 0 Å². The van der Waals surface area contributed by atoms with Gasteiger partial charge in [-0.1, -0.05) is 26.0 Å². The van der Waals surface area contributed by atoms with Crippen LogP contribution in [-0.4, -0.2) is 32.4 Å². The summed E-state index contributed by atoms with van der Waals surface area (Å²) in [6, 6.07) is 5.44. The van der Waals surface area contributed by atoms with Gasteiger partial charge in [-0.25, -0.2) is 12.8 Å². The highest BCUT2D eigenvalue weighted by Gasteiger charge is 2.27. The molecule has 0 aliphatic carbocycles. The normalized spacial score (nSPS) is 12.3. The van der Waals surface area contributed by atoms with Gasteiger partial charge in [-0.15, -0.1) is 0 Å². The van der Waals surface area contributed by atoms with Crippen molar-refractivity contribution >= 4 is 10.0 Å². The maximum absolute atomic E-state index is 13.7. The van der Waals surface area contributed by atoms with Crippen LogP contribution in [-0.2, 0) is 10.0 Å². The molecule has 0 aromatic heterocycles. The van der Waals surface area contributed by atoms with Gasteiger partial charge in [0, 0.05) is 13.1 Å². The predicted octanol–water partition coefficient (Wildman–Crippen LogP) is 1.82. The van der Waals surface area contributed by atoms with E-state index in [-0.39, 0.29) is 10.8 Å². The third-order valence-corrected chi connectivity index (χ3v) is 4.53. The van der Waals surface area contributed by atoms with Gasteiger partial charge in [-0.05, 0) is 31.0 Å². The average molecular weight is 288 g/mol. The van der Waals surface area contributed by atoms with Gasteiger partial charge >= 0.3 is 0 Å². The van der Waals surface area contributed by atoms with Crippen molar-refractivity contribution in [1.82, 2.24) is 4.31 Å². The minimum atomic E-state index is -3.80. The Hall–Kier alpha value is -0.980. The molecule has 2 N–H and O–H groups in total. The summed E-state index contributed by atoms with van der Waals surface area (Å²) >= 11 is 0. The van der Waals surface area contributed by atoms with Crippen LogP contribution < -0.4 is 5.73 Å². The van der Waals surface area contributed by atoms with Crippen molar-refractivity contribution in [2.75, 3.05) is 19.6 Å². The van der Waals surface area contributed by atoms with E-state index in [0.29, 0.717) is 26.1 Å². The lowest BCUT2D eigenvalue weighted by Gasteiger charge is -2.24. The number of hydrogen-bond acceptors (Lipinski definition) is 3. The lowest BCUT2D eigenvalue weighted by atomic mass is 10.2. The topological polar surface area (TPSA) is 63.4 Å². The number of benzene rings is 1. The Bertz CT molecular complexity index is 503. The summed E-state index contributed by atoms with van der Waals surface area (Å²) in [7, 11) is -3.80. The molecule has 0 spiro atoms. The molecule has 0 saturated carbocycles. The fourth-order valence-corrected chi connectivity index (χ4v) is 3.48. The van der Waals surface area contributed by atoms with Gasteiger partial charge in [0.15, 0.2) is 0 Å². The summed E-state index contributed by atoms with van der Waals surface area (Å²) in [6.07, 6.45) is 0.556. The second-order valence-electron chi connectivity index (χ2n) is 4.83. The standard InChI is InChI=1S/C13H21FN2O2S/c1-11(2)10-16(9-5-8-15)19(17,18)13-7-4-3-6-12(13)14/h3-4,6-7,11H,5,8-10,15H2,1-2H3. The van der Waals surface area contributed by atoms with Crippen molar-refractivity contribution in [1.29, 1.82) is 0 Å². The molecule has 0 atom stereocenters. The second kappa shape index (κ2) is 6.98. The van der Waals surface area contributed by atoms with E-state index in [1.54, 1.807) is 0 Å². The number of rotatable bonds is 7. The molecule has 0 aliphatic rings. The van der Waals surface area contributed by atoms with E-state index >= 15 is 0 Å². The molecule has 0 bridgehead atoms. The van der Waals surface area contributed by atoms with E-state index in [0.717, 1.165) is 6.07 Å². The van der Waals surface area contributed by atoms with Crippen molar-refractivity contribution in [3.63, 3.8) is 0 Å². The number of halogens is 1. The van der Waals surface area contributed by atoms with Gasteiger partial charge in [0.25, 0.3) is 0 Å².